The third kappa shape index (κ3) is 3.47. The van der Waals surface area contributed by atoms with E-state index in [9.17, 15) is 9.59 Å². The van der Waals surface area contributed by atoms with E-state index in [1.54, 1.807) is 15.6 Å². The number of aromatic nitrogens is 3. The van der Waals surface area contributed by atoms with Crippen molar-refractivity contribution in [2.45, 2.75) is 32.1 Å². The molecule has 1 saturated heterocycles. The smallest absolute Gasteiger partial charge is 0.315 e. The van der Waals surface area contributed by atoms with Crippen molar-refractivity contribution in [1.29, 1.82) is 0 Å². The van der Waals surface area contributed by atoms with Crippen molar-refractivity contribution in [2.75, 3.05) is 18.4 Å². The van der Waals surface area contributed by atoms with Crippen LogP contribution in [-0.2, 0) is 23.1 Å². The molecule has 3 rings (SSSR count). The Labute approximate surface area is 139 Å². The summed E-state index contributed by atoms with van der Waals surface area (Å²) < 4.78 is 6.79. The largest absolute Gasteiger partial charge is 0.359 e. The van der Waals surface area contributed by atoms with Crippen molar-refractivity contribution < 1.29 is 14.1 Å². The van der Waals surface area contributed by atoms with Crippen molar-refractivity contribution >= 4 is 17.6 Å². The molecule has 0 radical (unpaired) electrons. The van der Waals surface area contributed by atoms with Gasteiger partial charge in [0.1, 0.15) is 5.76 Å². The molecule has 0 atom stereocenters. The quantitative estimate of drug-likeness (QED) is 0.856. The third-order valence-corrected chi connectivity index (χ3v) is 4.32. The van der Waals surface area contributed by atoms with Crippen LogP contribution in [0.1, 0.15) is 37.0 Å². The van der Waals surface area contributed by atoms with Gasteiger partial charge in [-0.25, -0.2) is 0 Å². The number of carbonyl (C=O) groups excluding carboxylic acids is 2. The van der Waals surface area contributed by atoms with Crippen molar-refractivity contribution in [3.63, 3.8) is 0 Å². The van der Waals surface area contributed by atoms with E-state index in [-0.39, 0.29) is 5.82 Å². The fourth-order valence-corrected chi connectivity index (χ4v) is 2.92. The number of hydrogen-bond donors (Lipinski definition) is 1. The zero-order valence-corrected chi connectivity index (χ0v) is 13.9. The molecule has 0 saturated carbocycles. The van der Waals surface area contributed by atoms with Crippen LogP contribution < -0.4 is 5.32 Å². The second-order valence-electron chi connectivity index (χ2n) is 6.00. The van der Waals surface area contributed by atoms with Crippen LogP contribution in [0.5, 0.6) is 0 Å². The summed E-state index contributed by atoms with van der Waals surface area (Å²) in [7, 11) is 1.89. The Morgan fingerprint density at radius 2 is 2.12 bits per heavy atom. The lowest BCUT2D eigenvalue weighted by atomic mass is 9.91. The molecular formula is C16H21N5O3. The number of anilines is 1. The summed E-state index contributed by atoms with van der Waals surface area (Å²) in [6.45, 7) is 3.04. The molecule has 1 aliphatic rings. The van der Waals surface area contributed by atoms with Gasteiger partial charge >= 0.3 is 11.8 Å². The van der Waals surface area contributed by atoms with Crippen molar-refractivity contribution in [3.05, 3.63) is 29.8 Å². The summed E-state index contributed by atoms with van der Waals surface area (Å²) in [6.07, 6.45) is 6.21. The number of nitrogens with one attached hydrogen (secondary N) is 1. The van der Waals surface area contributed by atoms with Gasteiger partial charge in [0, 0.05) is 38.8 Å². The van der Waals surface area contributed by atoms with Crippen LogP contribution in [0, 0.1) is 0 Å². The van der Waals surface area contributed by atoms with Crippen LogP contribution in [0.3, 0.4) is 0 Å². The first-order valence-electron chi connectivity index (χ1n) is 8.11. The molecule has 0 aromatic carbocycles. The maximum atomic E-state index is 12.3. The average molecular weight is 331 g/mol. The molecule has 0 bridgehead atoms. The number of aryl methyl sites for hydroxylation is 2. The second kappa shape index (κ2) is 6.86. The van der Waals surface area contributed by atoms with E-state index in [0.29, 0.717) is 31.2 Å². The van der Waals surface area contributed by atoms with Gasteiger partial charge in [0.05, 0.1) is 6.20 Å². The lowest BCUT2D eigenvalue weighted by molar-refractivity contribution is -0.143. The van der Waals surface area contributed by atoms with E-state index in [2.05, 4.69) is 15.6 Å². The fraction of sp³-hybridized carbons (Fsp3) is 0.500. The number of piperidine rings is 1. The molecular weight excluding hydrogens is 310 g/mol. The van der Waals surface area contributed by atoms with Crippen LogP contribution in [-0.4, -0.2) is 44.7 Å². The van der Waals surface area contributed by atoms with Gasteiger partial charge in [-0.2, -0.15) is 5.10 Å². The lowest BCUT2D eigenvalue weighted by Gasteiger charge is -2.31. The number of nitrogens with zero attached hydrogens (tertiary/aromatic N) is 4. The predicted octanol–water partition coefficient (Wildman–Crippen LogP) is 1.32. The zero-order valence-electron chi connectivity index (χ0n) is 13.9. The highest BCUT2D eigenvalue weighted by molar-refractivity contribution is 6.39. The fourth-order valence-electron chi connectivity index (χ4n) is 2.92. The average Bonchev–Trinajstić information content (AvgIpc) is 3.23. The third-order valence-electron chi connectivity index (χ3n) is 4.32. The first kappa shape index (κ1) is 16.2. The Morgan fingerprint density at radius 1 is 1.38 bits per heavy atom. The summed E-state index contributed by atoms with van der Waals surface area (Å²) in [5.74, 6) is 0.116. The lowest BCUT2D eigenvalue weighted by Crippen LogP contribution is -2.43. The summed E-state index contributed by atoms with van der Waals surface area (Å²) in [5.41, 5.74) is 1.18. The Balaban J connectivity index is 1.53. The molecule has 0 unspecified atom stereocenters. The Bertz CT molecular complexity index is 728. The molecule has 1 fully saturated rings. The molecule has 1 aliphatic heterocycles. The monoisotopic (exact) mass is 331 g/mol. The van der Waals surface area contributed by atoms with Crippen LogP contribution in [0.4, 0.5) is 5.82 Å². The summed E-state index contributed by atoms with van der Waals surface area (Å²) in [5, 5.41) is 10.4. The van der Waals surface area contributed by atoms with Gasteiger partial charge in [-0.15, -0.1) is 0 Å². The van der Waals surface area contributed by atoms with E-state index in [4.69, 9.17) is 4.52 Å². The van der Waals surface area contributed by atoms with Gasteiger partial charge in [-0.05, 0) is 24.3 Å². The van der Waals surface area contributed by atoms with Crippen molar-refractivity contribution in [2.24, 2.45) is 7.05 Å². The highest BCUT2D eigenvalue weighted by Crippen LogP contribution is 2.27. The highest BCUT2D eigenvalue weighted by Gasteiger charge is 2.28. The molecule has 128 valence electrons. The van der Waals surface area contributed by atoms with E-state index in [0.717, 1.165) is 12.8 Å². The van der Waals surface area contributed by atoms with Crippen molar-refractivity contribution in [3.8, 4) is 0 Å². The summed E-state index contributed by atoms with van der Waals surface area (Å²) in [6, 6.07) is 1.62. The van der Waals surface area contributed by atoms with Crippen molar-refractivity contribution in [1.82, 2.24) is 19.8 Å². The highest BCUT2D eigenvalue weighted by atomic mass is 16.5. The molecule has 1 N–H and O–H groups in total. The molecule has 2 amide bonds. The molecule has 2 aromatic rings. The van der Waals surface area contributed by atoms with Crippen LogP contribution in [0.2, 0.25) is 0 Å². The maximum Gasteiger partial charge on any atom is 0.315 e. The Hall–Kier alpha value is -2.64. The van der Waals surface area contributed by atoms with E-state index >= 15 is 0 Å². The molecule has 24 heavy (non-hydrogen) atoms. The van der Waals surface area contributed by atoms with E-state index in [1.807, 2.05) is 26.4 Å². The van der Waals surface area contributed by atoms with Gasteiger partial charge < -0.3 is 9.42 Å². The van der Waals surface area contributed by atoms with Gasteiger partial charge in [-0.3, -0.25) is 19.6 Å². The SMILES string of the molecule is CCc1cc(NC(=O)C(=O)N2CCC(c3cnn(C)c3)CC2)no1. The summed E-state index contributed by atoms with van der Waals surface area (Å²) >= 11 is 0. The number of amides is 2. The minimum absolute atomic E-state index is 0.274. The standard InChI is InChI=1S/C16H21N5O3/c1-3-13-8-14(19-24-13)18-15(22)16(23)21-6-4-11(5-7-21)12-9-17-20(2)10-12/h8-11H,3-7H2,1-2H3,(H,18,19,22). The van der Waals surface area contributed by atoms with Crippen LogP contribution >= 0.6 is 0 Å². The number of hydrogen-bond acceptors (Lipinski definition) is 5. The molecule has 2 aromatic heterocycles. The maximum absolute atomic E-state index is 12.3. The number of likely N-dealkylation sites (tertiary alicyclic amines) is 1. The number of carbonyl (C=O) groups is 2. The van der Waals surface area contributed by atoms with Gasteiger partial charge in [0.25, 0.3) is 0 Å². The Kier molecular flexibility index (Phi) is 4.64. The van der Waals surface area contributed by atoms with Crippen LogP contribution in [0.25, 0.3) is 0 Å². The minimum atomic E-state index is -0.675. The molecule has 0 spiro atoms. The molecule has 8 nitrogen and oxygen atoms in total. The van der Waals surface area contributed by atoms with Gasteiger partial charge in [-0.1, -0.05) is 12.1 Å². The number of rotatable bonds is 3. The van der Waals surface area contributed by atoms with Gasteiger partial charge in [0.2, 0.25) is 0 Å². The minimum Gasteiger partial charge on any atom is -0.359 e. The molecule has 3 heterocycles. The Morgan fingerprint density at radius 3 is 2.71 bits per heavy atom. The second-order valence-corrected chi connectivity index (χ2v) is 6.00. The van der Waals surface area contributed by atoms with E-state index in [1.165, 1.54) is 5.56 Å². The topological polar surface area (TPSA) is 93.3 Å². The normalized spacial score (nSPS) is 15.5. The first-order chi connectivity index (χ1) is 11.6. The van der Waals surface area contributed by atoms with Gasteiger partial charge in [0.15, 0.2) is 5.82 Å². The first-order valence-corrected chi connectivity index (χ1v) is 8.11. The molecule has 0 aliphatic carbocycles. The zero-order chi connectivity index (χ0) is 17.1. The van der Waals surface area contributed by atoms with Crippen LogP contribution in [0.15, 0.2) is 23.0 Å². The predicted molar refractivity (Wildman–Crippen MR) is 86.3 cm³/mol. The summed E-state index contributed by atoms with van der Waals surface area (Å²) in [4.78, 5) is 25.9. The molecule has 8 heteroatoms. The van der Waals surface area contributed by atoms with E-state index < -0.39 is 11.8 Å².